The molecule has 0 amide bonds. The molecule has 3 N–H and O–H groups in total. The van der Waals surface area contributed by atoms with Gasteiger partial charge in [-0.3, -0.25) is 10.2 Å². The van der Waals surface area contributed by atoms with Crippen molar-refractivity contribution in [2.24, 2.45) is 0 Å². The van der Waals surface area contributed by atoms with Crippen LogP contribution in [0.15, 0.2) is 0 Å². The van der Waals surface area contributed by atoms with Crippen molar-refractivity contribution in [2.75, 3.05) is 145 Å². The van der Waals surface area contributed by atoms with Crippen LogP contribution in [-0.4, -0.2) is 176 Å². The highest BCUT2D eigenvalue weighted by atomic mass is 127. The van der Waals surface area contributed by atoms with E-state index in [-0.39, 0.29) is 20.6 Å². The van der Waals surface area contributed by atoms with E-state index in [2.05, 4.69) is 124 Å². The lowest BCUT2D eigenvalue weighted by molar-refractivity contribution is -0.0456. The Balaban J connectivity index is 3.51. The van der Waals surface area contributed by atoms with Gasteiger partial charge in [0.2, 0.25) is 0 Å². The van der Waals surface area contributed by atoms with Crippen molar-refractivity contribution in [1.29, 1.82) is 0 Å². The lowest BCUT2D eigenvalue weighted by atomic mass is 10.3. The molecular weight excluding hydrogens is 1390 g/mol. The fourth-order valence-corrected chi connectivity index (χ4v) is 6.84. The van der Waals surface area contributed by atoms with E-state index in [1.807, 2.05) is 23.0 Å². The minimum absolute atomic E-state index is 0.0373. The summed E-state index contributed by atoms with van der Waals surface area (Å²) in [6.07, 6.45) is 1.46. The van der Waals surface area contributed by atoms with Crippen LogP contribution in [0.1, 0.15) is 12.8 Å². The van der Waals surface area contributed by atoms with Gasteiger partial charge in [0.25, 0.3) is 0 Å². The first-order chi connectivity index (χ1) is 25.3. The number of rotatable bonds is 43. The maximum absolute atomic E-state index is 8.75. The molecule has 0 aliphatic carbocycles. The number of ether oxygens (including phenoxy) is 10. The smallest absolute Gasteiger partial charge is 0.119 e. The Morgan fingerprint density at radius 3 is 1.62 bits per heavy atom. The van der Waals surface area contributed by atoms with E-state index in [4.69, 9.17) is 60.4 Å². The van der Waals surface area contributed by atoms with Crippen molar-refractivity contribution in [3.8, 4) is 0 Å². The average Bonchev–Trinajstić information content (AvgIpc) is 3.12. The minimum atomic E-state index is -0.0958. The third-order valence-corrected chi connectivity index (χ3v) is 11.2. The first kappa shape index (κ1) is 56.1. The maximum Gasteiger partial charge on any atom is 0.119 e. The molecule has 52 heavy (non-hydrogen) atoms. The van der Waals surface area contributed by atoms with E-state index in [0.29, 0.717) is 149 Å². The molecule has 0 fully saturated rings. The summed E-state index contributed by atoms with van der Waals surface area (Å²) in [5.74, 6) is 1.19. The fourth-order valence-electron chi connectivity index (χ4n) is 3.40. The summed E-state index contributed by atoms with van der Waals surface area (Å²) in [5, 5.41) is 11.8. The van der Waals surface area contributed by atoms with Crippen molar-refractivity contribution < 1.29 is 60.4 Å². The molecule has 0 saturated carbocycles. The number of hydroxylamine groups is 1. The van der Waals surface area contributed by atoms with Gasteiger partial charge in [0.15, 0.2) is 0 Å². The van der Waals surface area contributed by atoms with Crippen LogP contribution in [0.3, 0.4) is 0 Å². The highest BCUT2D eigenvalue weighted by Crippen LogP contribution is 2.11. The van der Waals surface area contributed by atoms with Crippen LogP contribution in [0.4, 0.5) is 0 Å². The summed E-state index contributed by atoms with van der Waals surface area (Å²) >= 11 is 15.2. The second-order valence-electron chi connectivity index (χ2n) is 10.7. The molecule has 0 heterocycles. The predicted octanol–water partition coefficient (Wildman–Crippen LogP) is 4.94. The summed E-state index contributed by atoms with van der Waals surface area (Å²) < 4.78 is 62.6. The summed E-state index contributed by atoms with van der Waals surface area (Å²) in [6.45, 7) is 9.81. The van der Waals surface area contributed by atoms with Crippen molar-refractivity contribution >= 4 is 148 Å². The molecule has 0 radical (unpaired) electrons. The molecule has 0 aliphatic heterocycles. The van der Waals surface area contributed by atoms with Gasteiger partial charge < -0.3 is 55.5 Å². The molecule has 0 spiro atoms. The van der Waals surface area contributed by atoms with Crippen LogP contribution < -0.4 is 10.8 Å². The van der Waals surface area contributed by atoms with Crippen LogP contribution in [0.5, 0.6) is 0 Å². The maximum atomic E-state index is 8.75. The molecule has 0 rings (SSSR count). The standard InChI is InChI=1S/C30H58I6N2O13S/c1-40-8-9-42-12-27(33)14-45-16-29(35)18-49-24-52-23-48-10-25(31)2-5-43-22-38-50-6-3-30(51-36)19-47-21-37-20-46-17-28(34)15-44-13-26(32)11-41-7-4-39/h25-30,37-39H,2-24H2,1H3. The van der Waals surface area contributed by atoms with Crippen LogP contribution >= 0.6 is 148 Å². The molecule has 22 heteroatoms. The molecule has 15 nitrogen and oxygen atoms in total. The highest BCUT2D eigenvalue weighted by molar-refractivity contribution is 14.1. The predicted molar refractivity (Wildman–Crippen MR) is 253 cm³/mol. The number of hydrogen-bond acceptors (Lipinski definition) is 16. The van der Waals surface area contributed by atoms with E-state index in [1.165, 1.54) is 0 Å². The molecular formula is C30H58I6N2O13S. The fraction of sp³-hybridized carbons (Fsp3) is 1.00. The molecule has 6 atom stereocenters. The third-order valence-electron chi connectivity index (χ3n) is 5.91. The number of halogens is 6. The van der Waals surface area contributed by atoms with Crippen molar-refractivity contribution in [3.63, 3.8) is 0 Å². The van der Waals surface area contributed by atoms with Crippen molar-refractivity contribution in [2.45, 2.75) is 38.6 Å². The third kappa shape index (κ3) is 42.3. The van der Waals surface area contributed by atoms with Crippen molar-refractivity contribution in [3.05, 3.63) is 0 Å². The Hall–Kier alpha value is 4.13. The topological polar surface area (TPSA) is 155 Å². The van der Waals surface area contributed by atoms with E-state index in [1.54, 1.807) is 18.9 Å². The zero-order chi connectivity index (χ0) is 38.3. The van der Waals surface area contributed by atoms with Crippen LogP contribution in [0, 0.1) is 0 Å². The Morgan fingerprint density at radius 1 is 0.519 bits per heavy atom. The first-order valence-corrected chi connectivity index (χ1v) is 25.0. The molecule has 0 aromatic carbocycles. The second-order valence-corrected chi connectivity index (χ2v) is 20.9. The first-order valence-electron chi connectivity index (χ1n) is 16.7. The van der Waals surface area contributed by atoms with Crippen molar-refractivity contribution in [1.82, 2.24) is 10.8 Å². The normalized spacial score (nSPS) is 15.5. The largest absolute Gasteiger partial charge is 0.394 e. The summed E-state index contributed by atoms with van der Waals surface area (Å²) in [7, 11) is 1.67. The van der Waals surface area contributed by atoms with Gasteiger partial charge in [0.05, 0.1) is 146 Å². The van der Waals surface area contributed by atoms with E-state index in [9.17, 15) is 0 Å². The summed E-state index contributed by atoms with van der Waals surface area (Å²) in [6, 6.07) is 0. The number of aliphatic hydroxyl groups excluding tert-OH is 1. The second kappa shape index (κ2) is 44.7. The number of hydrogen-bond donors (Lipinski definition) is 3. The lowest BCUT2D eigenvalue weighted by Crippen LogP contribution is -2.28. The van der Waals surface area contributed by atoms with E-state index in [0.717, 1.165) is 6.42 Å². The molecule has 6 unspecified atom stereocenters. The monoisotopic (exact) mass is 1450 g/mol. The Kier molecular flexibility index (Phi) is 48.2. The number of nitrogens with one attached hydrogen (secondary N) is 2. The van der Waals surface area contributed by atoms with Gasteiger partial charge in [-0.1, -0.05) is 113 Å². The zero-order valence-corrected chi connectivity index (χ0v) is 43.5. The van der Waals surface area contributed by atoms with E-state index >= 15 is 0 Å². The highest BCUT2D eigenvalue weighted by Gasteiger charge is 2.12. The molecule has 314 valence electrons. The van der Waals surface area contributed by atoms with Gasteiger partial charge >= 0.3 is 0 Å². The zero-order valence-electron chi connectivity index (χ0n) is 29.7. The quantitative estimate of drug-likeness (QED) is 0.0248. The molecule has 0 aromatic rings. The van der Waals surface area contributed by atoms with Crippen LogP contribution in [-0.2, 0) is 55.3 Å². The summed E-state index contributed by atoms with van der Waals surface area (Å²) in [5.41, 5.74) is 2.83. The number of thioether (sulfide) groups is 1. The number of aliphatic hydroxyl groups is 1. The molecule has 0 aromatic heterocycles. The van der Waals surface area contributed by atoms with Gasteiger partial charge in [-0.15, -0.1) is 11.8 Å². The Bertz CT molecular complexity index is 734. The SMILES string of the molecule is COCCOCC(I)COCC(I)COCSCOCC(I)CCOCNOCCC(COCNCOCC(I)COCC(I)COCCO)OI. The summed E-state index contributed by atoms with van der Waals surface area (Å²) in [4.78, 5) is 5.46. The molecule has 0 bridgehead atoms. The van der Waals surface area contributed by atoms with E-state index < -0.39 is 0 Å². The molecule has 0 aliphatic rings. The van der Waals surface area contributed by atoms with Gasteiger partial charge in [-0.05, 0) is 6.42 Å². The lowest BCUT2D eigenvalue weighted by Gasteiger charge is -2.16. The van der Waals surface area contributed by atoms with Gasteiger partial charge in [0, 0.05) is 24.1 Å². The minimum Gasteiger partial charge on any atom is -0.394 e. The van der Waals surface area contributed by atoms with Gasteiger partial charge in [-0.25, -0.2) is 0 Å². The van der Waals surface area contributed by atoms with Crippen LogP contribution in [0.25, 0.3) is 0 Å². The average molecular weight is 1450 g/mol. The van der Waals surface area contributed by atoms with Gasteiger partial charge in [0.1, 0.15) is 29.7 Å². The Labute approximate surface area is 397 Å². The number of methoxy groups -OCH3 is 1. The van der Waals surface area contributed by atoms with Gasteiger partial charge in [-0.2, -0.15) is 5.48 Å². The Morgan fingerprint density at radius 2 is 1.04 bits per heavy atom. The number of alkyl halides is 5. The molecule has 0 saturated heterocycles. The van der Waals surface area contributed by atoms with Crippen LogP contribution in [0.2, 0.25) is 0 Å².